The van der Waals surface area contributed by atoms with E-state index in [2.05, 4.69) is 20.4 Å². The number of hydrogen-bond donors (Lipinski definition) is 0. The lowest BCUT2D eigenvalue weighted by molar-refractivity contribution is -0.128. The molecule has 16 heavy (non-hydrogen) atoms. The summed E-state index contributed by atoms with van der Waals surface area (Å²) >= 11 is 0. The summed E-state index contributed by atoms with van der Waals surface area (Å²) in [6, 6.07) is 10.3. The second-order valence-electron chi connectivity index (χ2n) is 3.91. The Hall–Kier alpha value is -1.57. The molecular formula is C14H19NO. The zero-order valence-corrected chi connectivity index (χ0v) is 10.0. The Morgan fingerprint density at radius 1 is 1.44 bits per heavy atom. The second kappa shape index (κ2) is 6.11. The number of hydrogen-bond acceptors (Lipinski definition) is 1. The molecular weight excluding hydrogens is 198 g/mol. The van der Waals surface area contributed by atoms with Gasteiger partial charge in [0.2, 0.25) is 5.91 Å². The number of carbonyl (C=O) groups is 1. The van der Waals surface area contributed by atoms with Crippen LogP contribution in [0.4, 0.5) is 0 Å². The van der Waals surface area contributed by atoms with Crippen molar-refractivity contribution < 1.29 is 4.79 Å². The zero-order valence-electron chi connectivity index (χ0n) is 10.0. The third kappa shape index (κ3) is 3.23. The largest absolute Gasteiger partial charge is 0.332 e. The highest BCUT2D eigenvalue weighted by Crippen LogP contribution is 2.11. The van der Waals surface area contributed by atoms with E-state index >= 15 is 0 Å². The van der Waals surface area contributed by atoms with Crippen LogP contribution in [0, 0.1) is 0 Å². The summed E-state index contributed by atoms with van der Waals surface area (Å²) in [5.41, 5.74) is 1.15. The lowest BCUT2D eigenvalue weighted by Gasteiger charge is -2.27. The van der Waals surface area contributed by atoms with Crippen molar-refractivity contribution in [1.82, 2.24) is 4.90 Å². The second-order valence-corrected chi connectivity index (χ2v) is 3.91. The molecule has 2 nitrogen and oxygen atoms in total. The molecule has 0 aliphatic rings. The van der Waals surface area contributed by atoms with Crippen LogP contribution in [0.25, 0.3) is 0 Å². The van der Waals surface area contributed by atoms with Crippen LogP contribution in [0.2, 0.25) is 0 Å². The van der Waals surface area contributed by atoms with Crippen molar-refractivity contribution in [2.45, 2.75) is 32.9 Å². The van der Waals surface area contributed by atoms with E-state index in [1.165, 1.54) is 6.08 Å². The third-order valence-corrected chi connectivity index (χ3v) is 2.78. The molecule has 1 atom stereocenters. The summed E-state index contributed by atoms with van der Waals surface area (Å²) in [6.07, 6.45) is 2.33. The summed E-state index contributed by atoms with van der Waals surface area (Å²) in [5, 5.41) is 0. The van der Waals surface area contributed by atoms with E-state index in [1.807, 2.05) is 35.2 Å². The van der Waals surface area contributed by atoms with Crippen LogP contribution >= 0.6 is 0 Å². The Morgan fingerprint density at radius 2 is 2.06 bits per heavy atom. The van der Waals surface area contributed by atoms with Gasteiger partial charge in [0.25, 0.3) is 0 Å². The van der Waals surface area contributed by atoms with Crippen molar-refractivity contribution in [3.8, 4) is 0 Å². The summed E-state index contributed by atoms with van der Waals surface area (Å²) in [7, 11) is 0. The SMILES string of the molecule is C=CC(=O)N(Cc1ccccc1)C(C)CC. The molecule has 1 amide bonds. The van der Waals surface area contributed by atoms with Gasteiger partial charge >= 0.3 is 0 Å². The van der Waals surface area contributed by atoms with Gasteiger partial charge in [-0.05, 0) is 25.0 Å². The molecule has 0 bridgehead atoms. The lowest BCUT2D eigenvalue weighted by Crippen LogP contribution is -2.36. The van der Waals surface area contributed by atoms with Gasteiger partial charge in [-0.1, -0.05) is 43.8 Å². The first-order chi connectivity index (χ1) is 7.69. The van der Waals surface area contributed by atoms with Crippen molar-refractivity contribution in [1.29, 1.82) is 0 Å². The zero-order chi connectivity index (χ0) is 12.0. The maximum Gasteiger partial charge on any atom is 0.246 e. The molecule has 2 heteroatoms. The van der Waals surface area contributed by atoms with Crippen molar-refractivity contribution in [2.24, 2.45) is 0 Å². The predicted molar refractivity (Wildman–Crippen MR) is 66.9 cm³/mol. The number of rotatable bonds is 5. The fourth-order valence-electron chi connectivity index (χ4n) is 1.57. The molecule has 0 spiro atoms. The Morgan fingerprint density at radius 3 is 2.56 bits per heavy atom. The van der Waals surface area contributed by atoms with E-state index in [9.17, 15) is 4.79 Å². The molecule has 0 fully saturated rings. The summed E-state index contributed by atoms with van der Waals surface area (Å²) in [5.74, 6) is -0.00166. The van der Waals surface area contributed by atoms with Gasteiger partial charge in [-0.25, -0.2) is 0 Å². The number of benzene rings is 1. The summed E-state index contributed by atoms with van der Waals surface area (Å²) in [6.45, 7) is 8.34. The van der Waals surface area contributed by atoms with Gasteiger partial charge in [0.15, 0.2) is 0 Å². The summed E-state index contributed by atoms with van der Waals surface area (Å²) in [4.78, 5) is 13.6. The van der Waals surface area contributed by atoms with Gasteiger partial charge in [-0.15, -0.1) is 0 Å². The van der Waals surface area contributed by atoms with Gasteiger partial charge in [0, 0.05) is 12.6 Å². The Labute approximate surface area is 97.6 Å². The molecule has 1 aromatic carbocycles. The normalized spacial score (nSPS) is 11.9. The number of amides is 1. The molecule has 0 aromatic heterocycles. The van der Waals surface area contributed by atoms with Crippen LogP contribution in [0.5, 0.6) is 0 Å². The van der Waals surface area contributed by atoms with Gasteiger partial charge in [0.05, 0.1) is 0 Å². The van der Waals surface area contributed by atoms with Gasteiger partial charge in [0.1, 0.15) is 0 Å². The molecule has 0 N–H and O–H groups in total. The standard InChI is InChI=1S/C14H19NO/c1-4-12(3)15(14(16)5-2)11-13-9-7-6-8-10-13/h5-10,12H,2,4,11H2,1,3H3. The Balaban J connectivity index is 2.79. The van der Waals surface area contributed by atoms with Gasteiger partial charge in [-0.2, -0.15) is 0 Å². The maximum atomic E-state index is 11.7. The highest BCUT2D eigenvalue weighted by molar-refractivity contribution is 5.87. The molecule has 0 saturated carbocycles. The fraction of sp³-hybridized carbons (Fsp3) is 0.357. The monoisotopic (exact) mass is 217 g/mol. The molecule has 0 aliphatic heterocycles. The minimum absolute atomic E-state index is 0.00166. The van der Waals surface area contributed by atoms with Gasteiger partial charge in [-0.3, -0.25) is 4.79 Å². The molecule has 0 aliphatic carbocycles. The van der Waals surface area contributed by atoms with Crippen LogP contribution < -0.4 is 0 Å². The lowest BCUT2D eigenvalue weighted by atomic mass is 10.1. The predicted octanol–water partition coefficient (Wildman–Crippen LogP) is 3.00. The van der Waals surface area contributed by atoms with Crippen molar-refractivity contribution in [2.75, 3.05) is 0 Å². The molecule has 1 unspecified atom stereocenters. The fourth-order valence-corrected chi connectivity index (χ4v) is 1.57. The first kappa shape index (κ1) is 12.5. The minimum atomic E-state index is -0.00166. The molecule has 86 valence electrons. The number of nitrogens with zero attached hydrogens (tertiary/aromatic N) is 1. The molecule has 1 rings (SSSR count). The van der Waals surface area contributed by atoms with Crippen LogP contribution in [-0.4, -0.2) is 16.8 Å². The molecule has 0 heterocycles. The third-order valence-electron chi connectivity index (χ3n) is 2.78. The highest BCUT2D eigenvalue weighted by atomic mass is 16.2. The van der Waals surface area contributed by atoms with E-state index in [1.54, 1.807) is 0 Å². The topological polar surface area (TPSA) is 20.3 Å². The maximum absolute atomic E-state index is 11.7. The smallest absolute Gasteiger partial charge is 0.246 e. The van der Waals surface area contributed by atoms with Crippen molar-refractivity contribution in [3.05, 3.63) is 48.6 Å². The Bertz CT molecular complexity index is 345. The number of carbonyl (C=O) groups excluding carboxylic acids is 1. The van der Waals surface area contributed by atoms with Crippen LogP contribution in [0.15, 0.2) is 43.0 Å². The van der Waals surface area contributed by atoms with Crippen LogP contribution in [0.1, 0.15) is 25.8 Å². The van der Waals surface area contributed by atoms with E-state index in [0.717, 1.165) is 12.0 Å². The summed E-state index contributed by atoms with van der Waals surface area (Å²) < 4.78 is 0. The minimum Gasteiger partial charge on any atom is -0.332 e. The highest BCUT2D eigenvalue weighted by Gasteiger charge is 2.16. The van der Waals surface area contributed by atoms with Crippen molar-refractivity contribution in [3.63, 3.8) is 0 Å². The van der Waals surface area contributed by atoms with Crippen LogP contribution in [0.3, 0.4) is 0 Å². The van der Waals surface area contributed by atoms with Crippen LogP contribution in [-0.2, 0) is 11.3 Å². The van der Waals surface area contributed by atoms with E-state index in [-0.39, 0.29) is 11.9 Å². The first-order valence-electron chi connectivity index (χ1n) is 5.66. The Kier molecular flexibility index (Phi) is 4.77. The molecule has 0 radical (unpaired) electrons. The average molecular weight is 217 g/mol. The van der Waals surface area contributed by atoms with Crippen molar-refractivity contribution >= 4 is 5.91 Å². The average Bonchev–Trinajstić information content (AvgIpc) is 2.35. The van der Waals surface area contributed by atoms with E-state index in [4.69, 9.17) is 0 Å². The van der Waals surface area contributed by atoms with Gasteiger partial charge < -0.3 is 4.90 Å². The first-order valence-corrected chi connectivity index (χ1v) is 5.66. The molecule has 1 aromatic rings. The van der Waals surface area contributed by atoms with E-state index < -0.39 is 0 Å². The quantitative estimate of drug-likeness (QED) is 0.694. The molecule has 0 saturated heterocycles. The van der Waals surface area contributed by atoms with E-state index in [0.29, 0.717) is 6.54 Å².